The molecular formula is C23H27NO5. The monoisotopic (exact) mass is 397 g/mol. The highest BCUT2D eigenvalue weighted by molar-refractivity contribution is 6.01. The number of ketones is 1. The van der Waals surface area contributed by atoms with Gasteiger partial charge in [0.25, 0.3) is 0 Å². The quantitative estimate of drug-likeness (QED) is 0.620. The number of aliphatic hydroxyl groups excluding tert-OH is 2. The largest absolute Gasteiger partial charge is 0.433 e. The summed E-state index contributed by atoms with van der Waals surface area (Å²) in [5, 5.41) is 21.3. The Hall–Kier alpha value is -2.70. The molecule has 6 heteroatoms. The lowest BCUT2D eigenvalue weighted by Crippen LogP contribution is -2.38. The van der Waals surface area contributed by atoms with E-state index >= 15 is 0 Å². The molecule has 1 aliphatic carbocycles. The topological polar surface area (TPSA) is 95.9 Å². The molecule has 29 heavy (non-hydrogen) atoms. The van der Waals surface area contributed by atoms with Crippen molar-refractivity contribution in [1.29, 1.82) is 0 Å². The first kappa shape index (κ1) is 21.0. The number of alkyl carbamates (subject to hydrolysis) is 1. The van der Waals surface area contributed by atoms with Crippen LogP contribution in [0.15, 0.2) is 48.5 Å². The number of carbonyl (C=O) groups excluding carboxylic acids is 2. The van der Waals surface area contributed by atoms with Gasteiger partial charge >= 0.3 is 6.09 Å². The molecule has 0 spiro atoms. The zero-order valence-corrected chi connectivity index (χ0v) is 16.3. The summed E-state index contributed by atoms with van der Waals surface area (Å²) in [6, 6.07) is 13.4. The summed E-state index contributed by atoms with van der Waals surface area (Å²) in [6.07, 6.45) is 3.47. The molecule has 2 aromatic rings. The molecule has 0 heterocycles. The molecule has 1 amide bonds. The second kappa shape index (κ2) is 10.2. The van der Waals surface area contributed by atoms with Gasteiger partial charge in [0, 0.05) is 17.2 Å². The minimum atomic E-state index is -1.09. The molecule has 6 nitrogen and oxygen atoms in total. The van der Waals surface area contributed by atoms with Gasteiger partial charge in [-0.05, 0) is 24.0 Å². The lowest BCUT2D eigenvalue weighted by molar-refractivity contribution is 0.0613. The van der Waals surface area contributed by atoms with Crippen molar-refractivity contribution in [3.05, 3.63) is 70.8 Å². The number of hydrogen-bond donors (Lipinski definition) is 3. The molecule has 1 unspecified atom stereocenters. The van der Waals surface area contributed by atoms with Gasteiger partial charge in [-0.2, -0.15) is 0 Å². The Morgan fingerprint density at radius 1 is 0.897 bits per heavy atom. The molecule has 0 saturated heterocycles. The normalized spacial score (nSPS) is 15.5. The van der Waals surface area contributed by atoms with Crippen LogP contribution in [0.3, 0.4) is 0 Å². The molecule has 0 aromatic heterocycles. The van der Waals surface area contributed by atoms with Gasteiger partial charge in [0.15, 0.2) is 6.10 Å². The highest BCUT2D eigenvalue weighted by Crippen LogP contribution is 2.25. The molecule has 3 rings (SSSR count). The van der Waals surface area contributed by atoms with E-state index in [-0.39, 0.29) is 25.0 Å². The first-order valence-corrected chi connectivity index (χ1v) is 10.0. The van der Waals surface area contributed by atoms with E-state index in [1.165, 1.54) is 6.42 Å². The van der Waals surface area contributed by atoms with Crippen LogP contribution >= 0.6 is 0 Å². The number of nitrogens with one attached hydrogen (secondary N) is 1. The Kier molecular flexibility index (Phi) is 7.38. The average Bonchev–Trinajstić information content (AvgIpc) is 2.78. The van der Waals surface area contributed by atoms with Crippen LogP contribution in [0.4, 0.5) is 4.79 Å². The number of ether oxygens (including phenoxy) is 1. The highest BCUT2D eigenvalue weighted by Gasteiger charge is 2.27. The predicted molar refractivity (Wildman–Crippen MR) is 108 cm³/mol. The molecule has 0 aliphatic heterocycles. The number of rotatable bonds is 7. The van der Waals surface area contributed by atoms with Crippen molar-refractivity contribution < 1.29 is 24.5 Å². The maximum Gasteiger partial charge on any atom is 0.408 e. The SMILES string of the molecule is O=C(NC1CCCCC1)OC(C(=O)c1ccc(CO)cc1)c1ccc(CO)cc1. The third-order valence-corrected chi connectivity index (χ3v) is 5.28. The van der Waals surface area contributed by atoms with Crippen LogP contribution in [0.25, 0.3) is 0 Å². The van der Waals surface area contributed by atoms with Crippen molar-refractivity contribution in [3.63, 3.8) is 0 Å². The minimum absolute atomic E-state index is 0.0765. The Morgan fingerprint density at radius 3 is 2.00 bits per heavy atom. The Morgan fingerprint density at radius 2 is 1.45 bits per heavy atom. The Balaban J connectivity index is 1.79. The summed E-state index contributed by atoms with van der Waals surface area (Å²) in [5.74, 6) is -0.343. The van der Waals surface area contributed by atoms with E-state index in [1.807, 2.05) is 0 Å². The number of benzene rings is 2. The number of amides is 1. The van der Waals surface area contributed by atoms with Gasteiger partial charge in [0.1, 0.15) is 0 Å². The van der Waals surface area contributed by atoms with Crippen LogP contribution in [0, 0.1) is 0 Å². The van der Waals surface area contributed by atoms with Crippen molar-refractivity contribution in [2.45, 2.75) is 57.5 Å². The third kappa shape index (κ3) is 5.65. The van der Waals surface area contributed by atoms with Crippen molar-refractivity contribution in [2.24, 2.45) is 0 Å². The summed E-state index contributed by atoms with van der Waals surface area (Å²) in [6.45, 7) is -0.217. The third-order valence-electron chi connectivity index (χ3n) is 5.28. The maximum absolute atomic E-state index is 13.1. The molecule has 1 aliphatic rings. The van der Waals surface area contributed by atoms with Gasteiger partial charge in [0.2, 0.25) is 5.78 Å². The van der Waals surface area contributed by atoms with E-state index in [0.29, 0.717) is 22.3 Å². The van der Waals surface area contributed by atoms with Crippen LogP contribution in [0.1, 0.15) is 65.3 Å². The first-order chi connectivity index (χ1) is 14.1. The molecular weight excluding hydrogens is 370 g/mol. The fourth-order valence-electron chi connectivity index (χ4n) is 3.55. The molecule has 0 radical (unpaired) electrons. The number of aliphatic hydroxyl groups is 2. The van der Waals surface area contributed by atoms with Gasteiger partial charge in [-0.25, -0.2) is 4.79 Å². The fourth-order valence-corrected chi connectivity index (χ4v) is 3.55. The smallest absolute Gasteiger partial charge is 0.408 e. The molecule has 1 saturated carbocycles. The van der Waals surface area contributed by atoms with Crippen LogP contribution in [-0.4, -0.2) is 28.1 Å². The van der Waals surface area contributed by atoms with E-state index < -0.39 is 12.2 Å². The van der Waals surface area contributed by atoms with Crippen molar-refractivity contribution in [3.8, 4) is 0 Å². The number of hydrogen-bond acceptors (Lipinski definition) is 5. The van der Waals surface area contributed by atoms with Crippen molar-refractivity contribution >= 4 is 11.9 Å². The molecule has 3 N–H and O–H groups in total. The molecule has 154 valence electrons. The number of carbonyl (C=O) groups is 2. The second-order valence-electron chi connectivity index (χ2n) is 7.38. The van der Waals surface area contributed by atoms with Crippen molar-refractivity contribution in [2.75, 3.05) is 0 Å². The summed E-state index contributed by atoms with van der Waals surface area (Å²) >= 11 is 0. The summed E-state index contributed by atoms with van der Waals surface area (Å²) in [4.78, 5) is 25.6. The van der Waals surface area contributed by atoms with E-state index in [2.05, 4.69) is 5.32 Å². The van der Waals surface area contributed by atoms with Gasteiger partial charge in [-0.1, -0.05) is 67.8 Å². The average molecular weight is 397 g/mol. The van der Waals surface area contributed by atoms with Crippen LogP contribution in [-0.2, 0) is 18.0 Å². The lowest BCUT2D eigenvalue weighted by atomic mass is 9.96. The van der Waals surface area contributed by atoms with Gasteiger partial charge in [-0.3, -0.25) is 4.79 Å². The van der Waals surface area contributed by atoms with Crippen LogP contribution in [0.5, 0.6) is 0 Å². The summed E-state index contributed by atoms with van der Waals surface area (Å²) in [5.41, 5.74) is 2.33. The van der Waals surface area contributed by atoms with Crippen LogP contribution in [0.2, 0.25) is 0 Å². The van der Waals surface area contributed by atoms with Gasteiger partial charge in [-0.15, -0.1) is 0 Å². The zero-order valence-electron chi connectivity index (χ0n) is 16.3. The maximum atomic E-state index is 13.1. The van der Waals surface area contributed by atoms with Gasteiger partial charge in [0.05, 0.1) is 13.2 Å². The summed E-state index contributed by atoms with van der Waals surface area (Å²) < 4.78 is 5.57. The number of Topliss-reactive ketones (excluding diaryl/α,β-unsaturated/α-hetero) is 1. The zero-order chi connectivity index (χ0) is 20.6. The fraction of sp³-hybridized carbons (Fsp3) is 0.391. The molecule has 2 aromatic carbocycles. The van der Waals surface area contributed by atoms with E-state index in [4.69, 9.17) is 4.74 Å². The predicted octanol–water partition coefficient (Wildman–Crippen LogP) is 3.65. The highest BCUT2D eigenvalue weighted by atomic mass is 16.6. The molecule has 1 fully saturated rings. The molecule has 0 bridgehead atoms. The lowest BCUT2D eigenvalue weighted by Gasteiger charge is -2.24. The van der Waals surface area contributed by atoms with E-state index in [1.54, 1.807) is 48.5 Å². The van der Waals surface area contributed by atoms with Gasteiger partial charge < -0.3 is 20.3 Å². The van der Waals surface area contributed by atoms with Crippen molar-refractivity contribution in [1.82, 2.24) is 5.32 Å². The first-order valence-electron chi connectivity index (χ1n) is 10.0. The minimum Gasteiger partial charge on any atom is -0.433 e. The van der Waals surface area contributed by atoms with E-state index in [9.17, 15) is 19.8 Å². The Bertz CT molecular complexity index is 810. The summed E-state index contributed by atoms with van der Waals surface area (Å²) in [7, 11) is 0. The molecule has 1 atom stereocenters. The van der Waals surface area contributed by atoms with Crippen LogP contribution < -0.4 is 5.32 Å². The second-order valence-corrected chi connectivity index (χ2v) is 7.38. The van der Waals surface area contributed by atoms with E-state index in [0.717, 1.165) is 25.7 Å². The standard InChI is InChI=1S/C23H27NO5/c25-14-16-6-10-18(11-7-16)21(27)22(19-12-8-17(15-26)9-13-19)29-23(28)24-20-4-2-1-3-5-20/h6-13,20,22,25-26H,1-5,14-15H2,(H,24,28). The Labute approximate surface area is 170 Å².